The lowest BCUT2D eigenvalue weighted by Gasteiger charge is -2.16. The highest BCUT2D eigenvalue weighted by Gasteiger charge is 2.26. The number of rotatable bonds is 0. The third-order valence-electron chi connectivity index (χ3n) is 2.94. The summed E-state index contributed by atoms with van der Waals surface area (Å²) in [7, 11) is -7.37. The van der Waals surface area contributed by atoms with Gasteiger partial charge in [-0.15, -0.1) is 0 Å². The van der Waals surface area contributed by atoms with Gasteiger partial charge < -0.3 is 0 Å². The molecule has 2 aliphatic heterocycles. The van der Waals surface area contributed by atoms with Crippen LogP contribution in [0.4, 0.5) is 5.69 Å². The van der Waals surface area contributed by atoms with E-state index < -0.39 is 19.9 Å². The summed E-state index contributed by atoms with van der Waals surface area (Å²) < 4.78 is 52.2. The average Bonchev–Trinajstić information content (AvgIpc) is 2.40. The Hall–Kier alpha value is -1.13. The molecule has 2 aromatic carbocycles. The molecule has 0 aliphatic carbocycles. The van der Waals surface area contributed by atoms with Crippen LogP contribution >= 0.6 is 22.6 Å². The average molecular weight is 437 g/mol. The second-order valence-corrected chi connectivity index (χ2v) is 8.88. The Bertz CT molecular complexity index is 904. The van der Waals surface area contributed by atoms with Gasteiger partial charge in [0.1, 0.15) is 0 Å². The van der Waals surface area contributed by atoms with Gasteiger partial charge >= 0.3 is 0 Å². The predicted octanol–water partition coefficient (Wildman–Crippen LogP) is 2.87. The fourth-order valence-electron chi connectivity index (χ4n) is 1.93. The molecule has 0 saturated heterocycles. The van der Waals surface area contributed by atoms with Crippen molar-refractivity contribution >= 4 is 48.1 Å². The number of anilines is 1. The molecule has 0 saturated carbocycles. The molecule has 2 aromatic rings. The summed E-state index contributed by atoms with van der Waals surface area (Å²) in [5.41, 5.74) is 0.258. The molecule has 0 spiro atoms. The van der Waals surface area contributed by atoms with Gasteiger partial charge in [-0.2, -0.15) is 0 Å². The molecule has 0 aromatic heterocycles. The minimum atomic E-state index is -3.71. The molecule has 112 valence electrons. The molecule has 2 heterocycles. The van der Waals surface area contributed by atoms with Crippen LogP contribution in [0.25, 0.3) is 0 Å². The van der Waals surface area contributed by atoms with Gasteiger partial charge in [0.15, 0.2) is 0 Å². The lowest BCUT2D eigenvalue weighted by molar-refractivity contribution is 0.593. The molecular formula is C13H12INO4S2. The van der Waals surface area contributed by atoms with Crippen LogP contribution in [-0.4, -0.2) is 16.8 Å². The normalized spacial score (nSPS) is 17.4. The molecule has 5 nitrogen and oxygen atoms in total. The molecule has 4 bridgehead atoms. The number of fused-ring (bicyclic) bond motifs is 3. The Kier molecular flexibility index (Phi) is 4.06. The van der Waals surface area contributed by atoms with Crippen molar-refractivity contribution in [2.75, 3.05) is 4.72 Å². The molecule has 0 fully saturated rings. The molecule has 8 heteroatoms. The number of nitrogens with one attached hydrogen (secondary N) is 1. The van der Waals surface area contributed by atoms with Crippen molar-refractivity contribution in [3.63, 3.8) is 0 Å². The number of sulfonamides is 1. The van der Waals surface area contributed by atoms with Crippen molar-refractivity contribution in [3.05, 3.63) is 46.0 Å². The first-order valence-corrected chi connectivity index (χ1v) is 9.53. The lowest BCUT2D eigenvalue weighted by Crippen LogP contribution is -2.17. The van der Waals surface area contributed by atoms with Crippen LogP contribution in [-0.2, 0) is 19.9 Å². The van der Waals surface area contributed by atoms with E-state index in [1.165, 1.54) is 42.5 Å². The van der Waals surface area contributed by atoms with Crippen LogP contribution in [0.3, 0.4) is 0 Å². The summed E-state index contributed by atoms with van der Waals surface area (Å²) in [5, 5.41) is 0. The maximum absolute atomic E-state index is 12.5. The van der Waals surface area contributed by atoms with Gasteiger partial charge in [0.2, 0.25) is 9.84 Å². The zero-order valence-electron chi connectivity index (χ0n) is 9.87. The Morgan fingerprint density at radius 1 is 0.857 bits per heavy atom. The number of halogens is 1. The largest absolute Gasteiger partial charge is 0.279 e. The monoisotopic (exact) mass is 437 g/mol. The quantitative estimate of drug-likeness (QED) is 0.643. The number of hydrogen-bond donors (Lipinski definition) is 1. The third kappa shape index (κ3) is 2.55. The van der Waals surface area contributed by atoms with E-state index in [9.17, 15) is 16.8 Å². The van der Waals surface area contributed by atoms with Crippen LogP contribution in [0.5, 0.6) is 0 Å². The van der Waals surface area contributed by atoms with E-state index in [-0.39, 0.29) is 27.8 Å². The first-order valence-electron chi connectivity index (χ1n) is 5.49. The number of hydrogen-bond acceptors (Lipinski definition) is 4. The summed E-state index contributed by atoms with van der Waals surface area (Å²) in [6.07, 6.45) is 0. The molecule has 0 amide bonds. The molecule has 0 radical (unpaired) electrons. The summed E-state index contributed by atoms with van der Waals surface area (Å²) in [6.45, 7) is 0. The highest BCUT2D eigenvalue weighted by Crippen LogP contribution is 2.33. The Morgan fingerprint density at radius 2 is 1.43 bits per heavy atom. The van der Waals surface area contributed by atoms with Crippen LogP contribution in [0.1, 0.15) is 7.43 Å². The topological polar surface area (TPSA) is 80.3 Å². The van der Waals surface area contributed by atoms with E-state index in [0.29, 0.717) is 3.57 Å². The zero-order valence-corrected chi connectivity index (χ0v) is 13.7. The summed E-state index contributed by atoms with van der Waals surface area (Å²) in [6, 6.07) is 9.69. The van der Waals surface area contributed by atoms with Crippen LogP contribution in [0.2, 0.25) is 0 Å². The fourth-order valence-corrected chi connectivity index (χ4v) is 5.90. The third-order valence-corrected chi connectivity index (χ3v) is 7.66. The lowest BCUT2D eigenvalue weighted by atomic mass is 10.3. The molecule has 4 rings (SSSR count). The standard InChI is InChI=1S/C12H8INO4S2.CH4/c13-12-10-2-1-3-11(12)19(15,16)8-4-6-9(7-5-8)20(17,18)14-10;/h1-7,14H;1H4. The Balaban J connectivity index is 0.00000161. The smallest absolute Gasteiger partial charge is 0.261 e. The van der Waals surface area contributed by atoms with E-state index in [0.717, 1.165) is 0 Å². The van der Waals surface area contributed by atoms with E-state index >= 15 is 0 Å². The van der Waals surface area contributed by atoms with Crippen molar-refractivity contribution < 1.29 is 16.8 Å². The summed E-state index contributed by atoms with van der Waals surface area (Å²) >= 11 is 1.83. The molecule has 1 N–H and O–H groups in total. The van der Waals surface area contributed by atoms with Crippen LogP contribution < -0.4 is 4.72 Å². The van der Waals surface area contributed by atoms with Crippen molar-refractivity contribution in [2.45, 2.75) is 22.1 Å². The van der Waals surface area contributed by atoms with Gasteiger partial charge in [0.25, 0.3) is 10.0 Å². The first kappa shape index (κ1) is 16.2. The highest BCUT2D eigenvalue weighted by atomic mass is 127. The van der Waals surface area contributed by atoms with E-state index in [2.05, 4.69) is 4.72 Å². The van der Waals surface area contributed by atoms with Gasteiger partial charge in [-0.05, 0) is 59.0 Å². The van der Waals surface area contributed by atoms with E-state index in [1.807, 2.05) is 22.6 Å². The fraction of sp³-hybridized carbons (Fsp3) is 0.0769. The molecule has 0 atom stereocenters. The molecule has 0 unspecified atom stereocenters. The van der Waals surface area contributed by atoms with Gasteiger partial charge in [0, 0.05) is 0 Å². The summed E-state index contributed by atoms with van der Waals surface area (Å²) in [5.74, 6) is 0. The van der Waals surface area contributed by atoms with Gasteiger partial charge in [-0.1, -0.05) is 13.5 Å². The summed E-state index contributed by atoms with van der Waals surface area (Å²) in [4.78, 5) is 0.195. The molecule has 21 heavy (non-hydrogen) atoms. The van der Waals surface area contributed by atoms with E-state index in [1.54, 1.807) is 0 Å². The van der Waals surface area contributed by atoms with E-state index in [4.69, 9.17) is 0 Å². The second kappa shape index (κ2) is 5.25. The van der Waals surface area contributed by atoms with Crippen LogP contribution in [0, 0.1) is 3.57 Å². The van der Waals surface area contributed by atoms with Crippen molar-refractivity contribution in [1.82, 2.24) is 0 Å². The van der Waals surface area contributed by atoms with Crippen LogP contribution in [0.15, 0.2) is 57.2 Å². The van der Waals surface area contributed by atoms with Crippen molar-refractivity contribution in [1.29, 1.82) is 0 Å². The highest BCUT2D eigenvalue weighted by molar-refractivity contribution is 14.1. The minimum Gasteiger partial charge on any atom is -0.279 e. The second-order valence-electron chi connectivity index (χ2n) is 4.20. The molecule has 2 aliphatic rings. The maximum atomic E-state index is 12.5. The van der Waals surface area contributed by atoms with Gasteiger partial charge in [0.05, 0.1) is 23.9 Å². The number of sulfone groups is 1. The molecular weight excluding hydrogens is 425 g/mol. The van der Waals surface area contributed by atoms with Gasteiger partial charge in [-0.25, -0.2) is 16.8 Å². The van der Waals surface area contributed by atoms with Gasteiger partial charge in [-0.3, -0.25) is 4.72 Å². The number of benzene rings is 2. The zero-order chi connectivity index (χ0) is 14.5. The Labute approximate surface area is 137 Å². The first-order chi connectivity index (χ1) is 9.32. The van der Waals surface area contributed by atoms with Crippen molar-refractivity contribution in [2.24, 2.45) is 0 Å². The minimum absolute atomic E-state index is 0. The Morgan fingerprint density at radius 3 is 2.05 bits per heavy atom. The maximum Gasteiger partial charge on any atom is 0.261 e. The van der Waals surface area contributed by atoms with Crippen molar-refractivity contribution in [3.8, 4) is 0 Å². The predicted molar refractivity (Wildman–Crippen MR) is 88.6 cm³/mol. The SMILES string of the molecule is C.O=S1(=O)Nc2cccc(c2I)S(=O)(=O)c2ccc1cc2.